The molecule has 0 aromatic heterocycles. The average molecular weight is 283 g/mol. The van der Waals surface area contributed by atoms with Crippen LogP contribution >= 0.6 is 0 Å². The second-order valence-electron chi connectivity index (χ2n) is 5.96. The number of hydrogen-bond donors (Lipinski definition) is 1. The zero-order chi connectivity index (χ0) is 15.2. The molecule has 0 aliphatic rings. The van der Waals surface area contributed by atoms with Gasteiger partial charge >= 0.3 is 0 Å². The third kappa shape index (κ3) is 4.52. The Morgan fingerprint density at radius 1 is 1.00 bits per heavy atom. The highest BCUT2D eigenvalue weighted by molar-refractivity contribution is 5.49. The van der Waals surface area contributed by atoms with Gasteiger partial charge < -0.3 is 10.1 Å². The highest BCUT2D eigenvalue weighted by Gasteiger charge is 2.03. The van der Waals surface area contributed by atoms with E-state index in [4.69, 9.17) is 4.74 Å². The molecule has 0 spiro atoms. The third-order valence-corrected chi connectivity index (χ3v) is 3.53. The van der Waals surface area contributed by atoms with Crippen LogP contribution in [0.15, 0.2) is 42.5 Å². The van der Waals surface area contributed by atoms with E-state index in [9.17, 15) is 0 Å². The Balaban J connectivity index is 2.01. The molecular formula is C19H25NO. The minimum absolute atomic E-state index is 0.538. The number of aryl methyl sites for hydroxylation is 2. The van der Waals surface area contributed by atoms with Gasteiger partial charge in [-0.25, -0.2) is 0 Å². The minimum atomic E-state index is 0.538. The summed E-state index contributed by atoms with van der Waals surface area (Å²) < 4.78 is 5.77. The van der Waals surface area contributed by atoms with Gasteiger partial charge in [0, 0.05) is 18.3 Å². The van der Waals surface area contributed by atoms with Crippen molar-refractivity contribution < 1.29 is 4.74 Å². The fourth-order valence-electron chi connectivity index (χ4n) is 2.28. The highest BCUT2D eigenvalue weighted by atomic mass is 16.5. The van der Waals surface area contributed by atoms with Crippen LogP contribution in [0.5, 0.6) is 5.75 Å². The first-order valence-corrected chi connectivity index (χ1v) is 7.58. The van der Waals surface area contributed by atoms with E-state index in [0.29, 0.717) is 5.92 Å². The first kappa shape index (κ1) is 15.4. The van der Waals surface area contributed by atoms with Gasteiger partial charge in [-0.1, -0.05) is 38.1 Å². The number of nitrogens with one attached hydrogen (secondary N) is 1. The van der Waals surface area contributed by atoms with Crippen LogP contribution < -0.4 is 10.1 Å². The molecule has 2 aromatic carbocycles. The quantitative estimate of drug-likeness (QED) is 0.810. The molecule has 0 aliphatic heterocycles. The van der Waals surface area contributed by atoms with Crippen molar-refractivity contribution in [3.05, 3.63) is 59.2 Å². The molecule has 2 rings (SSSR count). The van der Waals surface area contributed by atoms with Crippen LogP contribution in [0.4, 0.5) is 5.69 Å². The molecular weight excluding hydrogens is 258 g/mol. The van der Waals surface area contributed by atoms with E-state index in [1.807, 2.05) is 12.1 Å². The van der Waals surface area contributed by atoms with Crippen molar-refractivity contribution in [1.82, 2.24) is 0 Å². The highest BCUT2D eigenvalue weighted by Crippen LogP contribution is 2.20. The van der Waals surface area contributed by atoms with Crippen molar-refractivity contribution in [2.75, 3.05) is 11.9 Å². The summed E-state index contributed by atoms with van der Waals surface area (Å²) in [7, 11) is 0. The molecule has 112 valence electrons. The Hall–Kier alpha value is -1.96. The van der Waals surface area contributed by atoms with E-state index < -0.39 is 0 Å². The molecule has 0 fully saturated rings. The number of benzene rings is 2. The summed E-state index contributed by atoms with van der Waals surface area (Å²) >= 11 is 0. The van der Waals surface area contributed by atoms with Gasteiger partial charge in [-0.2, -0.15) is 0 Å². The van der Waals surface area contributed by atoms with Crippen molar-refractivity contribution >= 4 is 5.69 Å². The summed E-state index contributed by atoms with van der Waals surface area (Å²) in [6, 6.07) is 14.6. The Bertz CT molecular complexity index is 570. The topological polar surface area (TPSA) is 21.3 Å². The molecule has 2 nitrogen and oxygen atoms in total. The second-order valence-corrected chi connectivity index (χ2v) is 5.96. The standard InChI is InChI=1S/C19H25NO/c1-14(2)13-21-18-10-6-9-17(11-18)20-12-19-15(3)7-5-8-16(19)4/h5-11,14,20H,12-13H2,1-4H3. The first-order valence-electron chi connectivity index (χ1n) is 7.58. The lowest BCUT2D eigenvalue weighted by Gasteiger charge is -2.13. The van der Waals surface area contributed by atoms with E-state index in [2.05, 4.69) is 63.3 Å². The maximum absolute atomic E-state index is 5.77. The first-order chi connectivity index (χ1) is 10.1. The van der Waals surface area contributed by atoms with E-state index >= 15 is 0 Å². The van der Waals surface area contributed by atoms with Gasteiger partial charge in [-0.15, -0.1) is 0 Å². The van der Waals surface area contributed by atoms with Crippen molar-refractivity contribution in [3.63, 3.8) is 0 Å². The summed E-state index contributed by atoms with van der Waals surface area (Å²) in [6.45, 7) is 10.2. The van der Waals surface area contributed by atoms with Gasteiger partial charge in [0.2, 0.25) is 0 Å². The van der Waals surface area contributed by atoms with Crippen molar-refractivity contribution in [3.8, 4) is 5.75 Å². The van der Waals surface area contributed by atoms with Gasteiger partial charge in [0.05, 0.1) is 6.61 Å². The van der Waals surface area contributed by atoms with Gasteiger partial charge in [0.1, 0.15) is 5.75 Å². The largest absolute Gasteiger partial charge is 0.493 e. The lowest BCUT2D eigenvalue weighted by molar-refractivity contribution is 0.271. The lowest BCUT2D eigenvalue weighted by atomic mass is 10.0. The van der Waals surface area contributed by atoms with Crippen LogP contribution in [-0.4, -0.2) is 6.61 Å². The van der Waals surface area contributed by atoms with E-state index in [-0.39, 0.29) is 0 Å². The Morgan fingerprint density at radius 3 is 2.33 bits per heavy atom. The van der Waals surface area contributed by atoms with Gasteiger partial charge in [0.25, 0.3) is 0 Å². The minimum Gasteiger partial charge on any atom is -0.493 e. The van der Waals surface area contributed by atoms with E-state index in [0.717, 1.165) is 24.6 Å². The maximum atomic E-state index is 5.77. The summed E-state index contributed by atoms with van der Waals surface area (Å²) in [5.74, 6) is 1.46. The zero-order valence-corrected chi connectivity index (χ0v) is 13.4. The summed E-state index contributed by atoms with van der Waals surface area (Å²) in [4.78, 5) is 0. The van der Waals surface area contributed by atoms with Crippen molar-refractivity contribution in [2.45, 2.75) is 34.2 Å². The monoisotopic (exact) mass is 283 g/mol. The fourth-order valence-corrected chi connectivity index (χ4v) is 2.28. The van der Waals surface area contributed by atoms with Crippen molar-refractivity contribution in [2.24, 2.45) is 5.92 Å². The molecule has 0 unspecified atom stereocenters. The van der Waals surface area contributed by atoms with Crippen LogP contribution in [0.2, 0.25) is 0 Å². The predicted molar refractivity (Wildman–Crippen MR) is 90.0 cm³/mol. The average Bonchev–Trinajstić information content (AvgIpc) is 2.45. The molecule has 0 saturated heterocycles. The number of hydrogen-bond acceptors (Lipinski definition) is 2. The lowest BCUT2D eigenvalue weighted by Crippen LogP contribution is -2.06. The molecule has 0 atom stereocenters. The smallest absolute Gasteiger partial charge is 0.121 e. The molecule has 0 aliphatic carbocycles. The van der Waals surface area contributed by atoms with E-state index in [1.165, 1.54) is 16.7 Å². The van der Waals surface area contributed by atoms with Gasteiger partial charge in [-0.3, -0.25) is 0 Å². The normalized spacial score (nSPS) is 10.7. The molecule has 0 radical (unpaired) electrons. The molecule has 0 heterocycles. The molecule has 2 aromatic rings. The second kappa shape index (κ2) is 7.16. The zero-order valence-electron chi connectivity index (χ0n) is 13.4. The maximum Gasteiger partial charge on any atom is 0.121 e. The molecule has 0 amide bonds. The summed E-state index contributed by atoms with van der Waals surface area (Å²) in [6.07, 6.45) is 0. The molecule has 0 saturated carbocycles. The third-order valence-electron chi connectivity index (χ3n) is 3.53. The van der Waals surface area contributed by atoms with Gasteiger partial charge in [0.15, 0.2) is 0 Å². The summed E-state index contributed by atoms with van der Waals surface area (Å²) in [5, 5.41) is 3.49. The Kier molecular flexibility index (Phi) is 5.26. The van der Waals surface area contributed by atoms with Crippen LogP contribution in [-0.2, 0) is 6.54 Å². The Labute approximate surface area is 128 Å². The van der Waals surface area contributed by atoms with E-state index in [1.54, 1.807) is 0 Å². The summed E-state index contributed by atoms with van der Waals surface area (Å²) in [5.41, 5.74) is 5.12. The van der Waals surface area contributed by atoms with Crippen molar-refractivity contribution in [1.29, 1.82) is 0 Å². The van der Waals surface area contributed by atoms with Crippen LogP contribution in [0.3, 0.4) is 0 Å². The fraction of sp³-hybridized carbons (Fsp3) is 0.368. The molecule has 21 heavy (non-hydrogen) atoms. The molecule has 1 N–H and O–H groups in total. The Morgan fingerprint density at radius 2 is 1.67 bits per heavy atom. The van der Waals surface area contributed by atoms with Gasteiger partial charge in [-0.05, 0) is 48.6 Å². The molecule has 0 bridgehead atoms. The number of rotatable bonds is 6. The number of anilines is 1. The van der Waals surface area contributed by atoms with Crippen LogP contribution in [0, 0.1) is 19.8 Å². The van der Waals surface area contributed by atoms with Crippen LogP contribution in [0.25, 0.3) is 0 Å². The number of ether oxygens (including phenoxy) is 1. The van der Waals surface area contributed by atoms with Crippen LogP contribution in [0.1, 0.15) is 30.5 Å². The predicted octanol–water partition coefficient (Wildman–Crippen LogP) is 4.95. The SMILES string of the molecule is Cc1cccc(C)c1CNc1cccc(OCC(C)C)c1. The molecule has 2 heteroatoms.